The zero-order chi connectivity index (χ0) is 22.8. The van der Waals surface area contributed by atoms with E-state index in [-0.39, 0.29) is 11.4 Å². The molecule has 2 N–H and O–H groups in total. The van der Waals surface area contributed by atoms with Crippen LogP contribution in [0, 0.1) is 0 Å². The number of hydrogen-bond acceptors (Lipinski definition) is 5. The van der Waals surface area contributed by atoms with Gasteiger partial charge >= 0.3 is 6.36 Å². The summed E-state index contributed by atoms with van der Waals surface area (Å²) < 4.78 is 56.8. The maximum absolute atomic E-state index is 12.8. The first kappa shape index (κ1) is 22.1. The van der Waals surface area contributed by atoms with E-state index in [4.69, 9.17) is 14.2 Å². The highest BCUT2D eigenvalue weighted by Crippen LogP contribution is 2.41. The average molecular weight is 438 g/mol. The minimum absolute atomic E-state index is 0.253. The van der Waals surface area contributed by atoms with Crippen molar-refractivity contribution in [1.82, 2.24) is 10.3 Å². The maximum atomic E-state index is 12.8. The number of rotatable bonds is 7. The van der Waals surface area contributed by atoms with E-state index >= 15 is 0 Å². The molecule has 0 saturated heterocycles. The fraction of sp³-hybridized carbons (Fsp3) is 0.286. The fourth-order valence-electron chi connectivity index (χ4n) is 3.17. The molecule has 0 fully saturated rings. The Morgan fingerprint density at radius 1 is 1.00 bits per heavy atom. The average Bonchev–Trinajstić information content (AvgIpc) is 3.17. The Morgan fingerprint density at radius 3 is 2.19 bits per heavy atom. The molecule has 10 heteroatoms. The molecule has 3 rings (SSSR count). The van der Waals surface area contributed by atoms with Gasteiger partial charge in [0.2, 0.25) is 0 Å². The Balaban J connectivity index is 1.83. The van der Waals surface area contributed by atoms with E-state index in [9.17, 15) is 18.0 Å². The molecule has 0 radical (unpaired) electrons. The van der Waals surface area contributed by atoms with Crippen LogP contribution in [0.1, 0.15) is 29.0 Å². The minimum Gasteiger partial charge on any atom is -0.496 e. The number of nitrogens with one attached hydrogen (secondary N) is 2. The Morgan fingerprint density at radius 2 is 1.65 bits per heavy atom. The van der Waals surface area contributed by atoms with E-state index in [2.05, 4.69) is 15.0 Å². The number of alkyl halides is 3. The van der Waals surface area contributed by atoms with Crippen molar-refractivity contribution < 1.29 is 36.9 Å². The number of H-pyrrole nitrogens is 1. The van der Waals surface area contributed by atoms with E-state index in [1.807, 2.05) is 0 Å². The predicted octanol–water partition coefficient (Wildman–Crippen LogP) is 4.58. The Bertz CT molecular complexity index is 1080. The molecule has 0 aliphatic carbocycles. The zero-order valence-electron chi connectivity index (χ0n) is 17.2. The highest BCUT2D eigenvalue weighted by Gasteiger charge is 2.31. The lowest BCUT2D eigenvalue weighted by atomic mass is 10.1. The molecule has 0 bridgehead atoms. The SMILES string of the molecule is COc1cc(OC)c2cc(C(=O)NC(C)c3ccc(OC(F)(F)F)cc3)[nH]c2c1OC. The van der Waals surface area contributed by atoms with Crippen LogP contribution in [0.15, 0.2) is 36.4 Å². The van der Waals surface area contributed by atoms with E-state index in [0.717, 1.165) is 0 Å². The molecule has 1 aromatic heterocycles. The summed E-state index contributed by atoms with van der Waals surface area (Å²) in [4.78, 5) is 15.8. The van der Waals surface area contributed by atoms with E-state index in [1.165, 1.54) is 45.6 Å². The molecule has 166 valence electrons. The summed E-state index contributed by atoms with van der Waals surface area (Å²) in [6.07, 6.45) is -4.76. The first-order valence-electron chi connectivity index (χ1n) is 9.15. The second-order valence-electron chi connectivity index (χ2n) is 6.60. The van der Waals surface area contributed by atoms with Gasteiger partial charge in [-0.05, 0) is 30.7 Å². The van der Waals surface area contributed by atoms with Gasteiger partial charge < -0.3 is 29.2 Å². The van der Waals surface area contributed by atoms with Gasteiger partial charge in [-0.3, -0.25) is 4.79 Å². The number of benzene rings is 2. The van der Waals surface area contributed by atoms with Gasteiger partial charge in [-0.2, -0.15) is 0 Å². The molecule has 2 aromatic carbocycles. The largest absolute Gasteiger partial charge is 0.573 e. The number of aromatic nitrogens is 1. The van der Waals surface area contributed by atoms with Crippen LogP contribution in [0.2, 0.25) is 0 Å². The minimum atomic E-state index is -4.76. The maximum Gasteiger partial charge on any atom is 0.573 e. The fourth-order valence-corrected chi connectivity index (χ4v) is 3.17. The van der Waals surface area contributed by atoms with Crippen molar-refractivity contribution in [3.63, 3.8) is 0 Å². The van der Waals surface area contributed by atoms with E-state index in [0.29, 0.717) is 33.7 Å². The summed E-state index contributed by atoms with van der Waals surface area (Å²) in [5.74, 6) is 0.609. The molecule has 1 unspecified atom stereocenters. The third-order valence-electron chi connectivity index (χ3n) is 4.65. The van der Waals surface area contributed by atoms with Gasteiger partial charge in [0.05, 0.1) is 32.9 Å². The van der Waals surface area contributed by atoms with E-state index < -0.39 is 18.3 Å². The Labute approximate surface area is 176 Å². The smallest absolute Gasteiger partial charge is 0.496 e. The lowest BCUT2D eigenvalue weighted by Gasteiger charge is -2.15. The number of halogens is 3. The number of hydrogen-bond donors (Lipinski definition) is 2. The van der Waals surface area contributed by atoms with E-state index in [1.54, 1.807) is 19.1 Å². The number of carbonyl (C=O) groups excluding carboxylic acids is 1. The van der Waals surface area contributed by atoms with Crippen molar-refractivity contribution in [2.45, 2.75) is 19.3 Å². The molecule has 0 aliphatic heterocycles. The third-order valence-corrected chi connectivity index (χ3v) is 4.65. The van der Waals surface area contributed by atoms with Gasteiger partial charge in [-0.25, -0.2) is 0 Å². The second kappa shape index (κ2) is 8.66. The molecule has 0 spiro atoms. The van der Waals surface area contributed by atoms with Gasteiger partial charge in [0, 0.05) is 11.5 Å². The van der Waals surface area contributed by atoms with Crippen molar-refractivity contribution in [3.05, 3.63) is 47.7 Å². The highest BCUT2D eigenvalue weighted by atomic mass is 19.4. The standard InChI is InChI=1S/C21H21F3N2O5/c1-11(12-5-7-13(8-6-12)31-21(22,23)24)25-20(27)15-9-14-16(28-2)10-17(29-3)19(30-4)18(14)26-15/h5-11,26H,1-4H3,(H,25,27). The summed E-state index contributed by atoms with van der Waals surface area (Å²) in [5, 5.41) is 3.43. The van der Waals surface area contributed by atoms with Crippen LogP contribution in [0.3, 0.4) is 0 Å². The Hall–Kier alpha value is -3.56. The van der Waals surface area contributed by atoms with Gasteiger partial charge in [0.1, 0.15) is 17.2 Å². The van der Waals surface area contributed by atoms with Gasteiger partial charge in [-0.15, -0.1) is 13.2 Å². The number of amides is 1. The summed E-state index contributed by atoms with van der Waals surface area (Å²) in [7, 11) is 4.48. The van der Waals surface area contributed by atoms with Crippen molar-refractivity contribution in [1.29, 1.82) is 0 Å². The Kier molecular flexibility index (Phi) is 6.19. The molecule has 3 aromatic rings. The van der Waals surface area contributed by atoms with Gasteiger partial charge in [-0.1, -0.05) is 12.1 Å². The number of aromatic amines is 1. The second-order valence-corrected chi connectivity index (χ2v) is 6.60. The number of ether oxygens (including phenoxy) is 4. The van der Waals surface area contributed by atoms with Crippen molar-refractivity contribution >= 4 is 16.8 Å². The van der Waals surface area contributed by atoms with Crippen LogP contribution in [0.5, 0.6) is 23.0 Å². The number of carbonyl (C=O) groups is 1. The molecule has 0 aliphatic rings. The molecule has 1 heterocycles. The van der Waals surface area contributed by atoms with Gasteiger partial charge in [0.15, 0.2) is 11.5 Å². The summed E-state index contributed by atoms with van der Waals surface area (Å²) in [5.41, 5.74) is 1.39. The topological polar surface area (TPSA) is 81.8 Å². The molecule has 31 heavy (non-hydrogen) atoms. The van der Waals surface area contributed by atoms with Crippen LogP contribution in [-0.2, 0) is 0 Å². The van der Waals surface area contributed by atoms with Crippen molar-refractivity contribution in [3.8, 4) is 23.0 Å². The predicted molar refractivity (Wildman–Crippen MR) is 107 cm³/mol. The lowest BCUT2D eigenvalue weighted by Crippen LogP contribution is -2.26. The summed E-state index contributed by atoms with van der Waals surface area (Å²) in [6, 6.07) is 8.09. The molecule has 1 amide bonds. The molecular weight excluding hydrogens is 417 g/mol. The monoisotopic (exact) mass is 438 g/mol. The van der Waals surface area contributed by atoms with Gasteiger partial charge in [0.25, 0.3) is 5.91 Å². The highest BCUT2D eigenvalue weighted by molar-refractivity contribution is 6.02. The number of fused-ring (bicyclic) bond motifs is 1. The molecule has 0 saturated carbocycles. The quantitative estimate of drug-likeness (QED) is 0.564. The van der Waals surface area contributed by atoms with Crippen LogP contribution in [-0.4, -0.2) is 38.6 Å². The first-order valence-corrected chi connectivity index (χ1v) is 9.15. The summed E-state index contributed by atoms with van der Waals surface area (Å²) >= 11 is 0. The van der Waals surface area contributed by atoms with Crippen LogP contribution >= 0.6 is 0 Å². The van der Waals surface area contributed by atoms with Crippen molar-refractivity contribution in [2.24, 2.45) is 0 Å². The van der Waals surface area contributed by atoms with Crippen LogP contribution in [0.4, 0.5) is 13.2 Å². The van der Waals surface area contributed by atoms with Crippen LogP contribution < -0.4 is 24.3 Å². The third kappa shape index (κ3) is 4.79. The zero-order valence-corrected chi connectivity index (χ0v) is 17.2. The molecule has 7 nitrogen and oxygen atoms in total. The molecule has 1 atom stereocenters. The van der Waals surface area contributed by atoms with Crippen LogP contribution in [0.25, 0.3) is 10.9 Å². The van der Waals surface area contributed by atoms with Crippen molar-refractivity contribution in [2.75, 3.05) is 21.3 Å². The first-order chi connectivity index (χ1) is 14.7. The summed E-state index contributed by atoms with van der Waals surface area (Å²) in [6.45, 7) is 1.71. The molecular formula is C21H21F3N2O5. The normalized spacial score (nSPS) is 12.4. The number of methoxy groups -OCH3 is 3. The lowest BCUT2D eigenvalue weighted by molar-refractivity contribution is -0.274.